The summed E-state index contributed by atoms with van der Waals surface area (Å²) < 4.78 is 40.5. The van der Waals surface area contributed by atoms with E-state index in [0.717, 1.165) is 6.04 Å². The Hall–Kier alpha value is -0.553. The number of carbonyl (C=O) groups excluding carboxylic acids is 1. The number of carbonyl (C=O) groups is 1. The fraction of sp³-hybridized carbons (Fsp3) is 0.950. The van der Waals surface area contributed by atoms with Crippen molar-refractivity contribution in [2.24, 2.45) is 0 Å². The summed E-state index contributed by atoms with van der Waals surface area (Å²) in [6.45, 7) is 15.4. The highest BCUT2D eigenvalue weighted by atomic mass is 28.3. The molecule has 0 saturated carbocycles. The average Bonchev–Trinajstić information content (AvgIpc) is 3.08. The van der Waals surface area contributed by atoms with Crippen LogP contribution < -0.4 is 0 Å². The van der Waals surface area contributed by atoms with Crippen molar-refractivity contribution in [3.63, 3.8) is 0 Å². The molecule has 4 atom stereocenters. The lowest BCUT2D eigenvalue weighted by atomic mass is 10.0. The molecule has 170 valence electrons. The van der Waals surface area contributed by atoms with Crippen LogP contribution in [-0.4, -0.2) is 77.1 Å². The molecule has 0 aromatic heterocycles. The van der Waals surface area contributed by atoms with Crippen molar-refractivity contribution in [2.45, 2.75) is 95.8 Å². The van der Waals surface area contributed by atoms with E-state index in [1.165, 1.54) is 7.11 Å². The molecular formula is C20H38O8Si. The summed E-state index contributed by atoms with van der Waals surface area (Å²) in [5.74, 6) is -1.92. The lowest BCUT2D eigenvalue weighted by molar-refractivity contribution is -0.206. The Balaban J connectivity index is 2.07. The maximum absolute atomic E-state index is 11.9. The van der Waals surface area contributed by atoms with E-state index >= 15 is 0 Å². The number of hydrogen-bond acceptors (Lipinski definition) is 8. The van der Waals surface area contributed by atoms with Gasteiger partial charge in [0.15, 0.2) is 11.6 Å². The molecule has 2 fully saturated rings. The van der Waals surface area contributed by atoms with E-state index in [0.29, 0.717) is 13.2 Å². The molecule has 2 rings (SSSR count). The highest BCUT2D eigenvalue weighted by Gasteiger charge is 2.51. The summed E-state index contributed by atoms with van der Waals surface area (Å²) >= 11 is 0. The third kappa shape index (κ3) is 7.89. The first-order chi connectivity index (χ1) is 13.3. The smallest absolute Gasteiger partial charge is 0.308 e. The van der Waals surface area contributed by atoms with Gasteiger partial charge in [-0.05, 0) is 33.7 Å². The van der Waals surface area contributed by atoms with Gasteiger partial charge in [-0.25, -0.2) is 0 Å². The third-order valence-electron chi connectivity index (χ3n) is 4.88. The molecule has 2 heterocycles. The van der Waals surface area contributed by atoms with Crippen molar-refractivity contribution in [3.8, 4) is 0 Å². The number of esters is 1. The zero-order valence-corrected chi connectivity index (χ0v) is 20.1. The number of ether oxygens (including phenoxy) is 7. The van der Waals surface area contributed by atoms with Gasteiger partial charge in [-0.15, -0.1) is 0 Å². The molecule has 0 amide bonds. The highest BCUT2D eigenvalue weighted by molar-refractivity contribution is 6.76. The molecule has 29 heavy (non-hydrogen) atoms. The Bertz CT molecular complexity index is 545. The average molecular weight is 435 g/mol. The molecule has 2 aliphatic heterocycles. The van der Waals surface area contributed by atoms with Crippen LogP contribution in [0.1, 0.15) is 34.1 Å². The van der Waals surface area contributed by atoms with Crippen LogP contribution in [0.2, 0.25) is 25.7 Å². The van der Waals surface area contributed by atoms with Crippen LogP contribution in [0.4, 0.5) is 0 Å². The fourth-order valence-corrected chi connectivity index (χ4v) is 4.16. The van der Waals surface area contributed by atoms with E-state index in [9.17, 15) is 4.79 Å². The second-order valence-corrected chi connectivity index (χ2v) is 15.4. The molecule has 0 bridgehead atoms. The largest absolute Gasteiger partial charge is 0.469 e. The molecule has 0 aromatic carbocycles. The molecular weight excluding hydrogens is 396 g/mol. The first kappa shape index (κ1) is 24.7. The van der Waals surface area contributed by atoms with Crippen LogP contribution in [0.3, 0.4) is 0 Å². The van der Waals surface area contributed by atoms with Crippen LogP contribution in [0.15, 0.2) is 0 Å². The van der Waals surface area contributed by atoms with Crippen molar-refractivity contribution >= 4 is 14.0 Å². The van der Waals surface area contributed by atoms with E-state index in [2.05, 4.69) is 19.6 Å². The summed E-state index contributed by atoms with van der Waals surface area (Å²) in [5.41, 5.74) is 0. The maximum atomic E-state index is 11.9. The van der Waals surface area contributed by atoms with Crippen molar-refractivity contribution in [3.05, 3.63) is 0 Å². The first-order valence-electron chi connectivity index (χ1n) is 10.3. The molecule has 9 heteroatoms. The maximum Gasteiger partial charge on any atom is 0.308 e. The zero-order valence-electron chi connectivity index (χ0n) is 19.1. The summed E-state index contributed by atoms with van der Waals surface area (Å²) in [5, 5.41) is 0. The number of rotatable bonds is 10. The minimum atomic E-state index is -1.18. The lowest BCUT2D eigenvalue weighted by Gasteiger charge is -2.30. The van der Waals surface area contributed by atoms with Gasteiger partial charge in [-0.2, -0.15) is 0 Å². The van der Waals surface area contributed by atoms with Crippen LogP contribution >= 0.6 is 0 Å². The van der Waals surface area contributed by atoms with E-state index in [1.807, 2.05) is 27.7 Å². The van der Waals surface area contributed by atoms with Gasteiger partial charge in [0.2, 0.25) is 0 Å². The normalized spacial score (nSPS) is 29.7. The summed E-state index contributed by atoms with van der Waals surface area (Å²) in [7, 11) is 0.178. The van der Waals surface area contributed by atoms with Gasteiger partial charge in [-0.3, -0.25) is 4.79 Å². The van der Waals surface area contributed by atoms with Crippen molar-refractivity contribution in [1.29, 1.82) is 0 Å². The summed E-state index contributed by atoms with van der Waals surface area (Å²) in [6, 6.07) is 1.05. The van der Waals surface area contributed by atoms with Gasteiger partial charge in [0.25, 0.3) is 0 Å². The molecule has 0 unspecified atom stereocenters. The SMILES string of the molecule is COC(=O)C[C@H]1OC(C)(C)O[C@H]1[C@H](OCOCC[Si](C)(C)C)[C@H]1COC(C)(C)O1. The highest BCUT2D eigenvalue weighted by Crippen LogP contribution is 2.36. The quantitative estimate of drug-likeness (QED) is 0.225. The van der Waals surface area contributed by atoms with Crippen LogP contribution in [0, 0.1) is 0 Å². The topological polar surface area (TPSA) is 81.7 Å². The van der Waals surface area contributed by atoms with Gasteiger partial charge in [0, 0.05) is 14.7 Å². The Kier molecular flexibility index (Phi) is 8.28. The van der Waals surface area contributed by atoms with Crippen molar-refractivity contribution in [1.82, 2.24) is 0 Å². The second-order valence-electron chi connectivity index (χ2n) is 9.75. The number of hydrogen-bond donors (Lipinski definition) is 0. The molecule has 2 saturated heterocycles. The second kappa shape index (κ2) is 9.72. The number of methoxy groups -OCH3 is 1. The third-order valence-corrected chi connectivity index (χ3v) is 6.58. The standard InChI is InChI=1S/C20H38O8Si/c1-19(2)25-12-15(27-19)17(24-13-23-9-10-29(6,7)8)18-14(11-16(21)22-5)26-20(3,4)28-18/h14-15,17-18H,9-13H2,1-8H3/t14-,15-,17-,18-/m1/s1. The molecule has 0 aliphatic carbocycles. The fourth-order valence-electron chi connectivity index (χ4n) is 3.40. The first-order valence-corrected chi connectivity index (χ1v) is 14.0. The molecule has 0 spiro atoms. The predicted octanol–water partition coefficient (Wildman–Crippen LogP) is 2.92. The van der Waals surface area contributed by atoms with E-state index in [4.69, 9.17) is 33.2 Å². The summed E-state index contributed by atoms with van der Waals surface area (Å²) in [6.07, 6.45) is -1.85. The molecule has 2 aliphatic rings. The van der Waals surface area contributed by atoms with E-state index in [-0.39, 0.29) is 25.3 Å². The Morgan fingerprint density at radius 2 is 1.79 bits per heavy atom. The Labute approximate surface area is 175 Å². The zero-order chi connectivity index (χ0) is 21.9. The van der Waals surface area contributed by atoms with Gasteiger partial charge in [0.1, 0.15) is 31.2 Å². The Morgan fingerprint density at radius 1 is 1.10 bits per heavy atom. The monoisotopic (exact) mass is 434 g/mol. The van der Waals surface area contributed by atoms with Crippen LogP contribution in [0.5, 0.6) is 0 Å². The Morgan fingerprint density at radius 3 is 2.34 bits per heavy atom. The van der Waals surface area contributed by atoms with Crippen LogP contribution in [-0.2, 0) is 38.0 Å². The van der Waals surface area contributed by atoms with Crippen molar-refractivity contribution in [2.75, 3.05) is 27.1 Å². The summed E-state index contributed by atoms with van der Waals surface area (Å²) in [4.78, 5) is 11.9. The van der Waals surface area contributed by atoms with Gasteiger partial charge in [0.05, 0.1) is 20.1 Å². The minimum Gasteiger partial charge on any atom is -0.469 e. The van der Waals surface area contributed by atoms with Gasteiger partial charge >= 0.3 is 5.97 Å². The molecule has 0 aromatic rings. The van der Waals surface area contributed by atoms with Gasteiger partial charge < -0.3 is 33.2 Å². The van der Waals surface area contributed by atoms with Crippen molar-refractivity contribution < 1.29 is 38.0 Å². The molecule has 0 radical (unpaired) electrons. The molecule has 0 N–H and O–H groups in total. The lowest BCUT2D eigenvalue weighted by Crippen LogP contribution is -2.47. The predicted molar refractivity (Wildman–Crippen MR) is 109 cm³/mol. The minimum absolute atomic E-state index is 0.0674. The molecule has 8 nitrogen and oxygen atoms in total. The van der Waals surface area contributed by atoms with Gasteiger partial charge in [-0.1, -0.05) is 19.6 Å². The van der Waals surface area contributed by atoms with E-state index < -0.39 is 38.0 Å². The van der Waals surface area contributed by atoms with E-state index in [1.54, 1.807) is 0 Å². The van der Waals surface area contributed by atoms with Crippen LogP contribution in [0.25, 0.3) is 0 Å².